The van der Waals surface area contributed by atoms with Gasteiger partial charge in [-0.15, -0.1) is 5.06 Å². The number of thioether (sulfide) groups is 2. The average molecular weight is 1160 g/mol. The number of primary amides is 3. The largest absolute Gasteiger partial charge is 1.00 e. The molecule has 4 aliphatic heterocycles. The number of rotatable bonds is 21. The van der Waals surface area contributed by atoms with Crippen molar-refractivity contribution in [1.82, 2.24) is 30.4 Å². The standard InChI is InChI=1S/C13H21N3O4S.C11H19N3O3S.C9H17N3O2.C8H9NO5S.CH2O3.2K.H/c1-3-10(13(14)20)16-6-9(4-12(16)19)5-15-11(18)7-21-8(2)17;1-2-8(11(12)17)14-5-7(3-10(14)16)4-13-9(15)6-18;1-2-7(9(11)14)12-5-6(4-10)3-8(12)13;1-5(10)15-4-8(13)14-9-6(11)2-3-7(9)12;2-1-4-3;;;/h9-10H,3-7H2,1-2H3,(H2,14,20)(H,15,18);7-8,18H,2-6H2,1H3,(H2,12,17)(H,13,15);6-7H,2-5,10H2,1H3,(H2,11,14);2-4H2,1H3;1,3H;;;/q;;;;;2*+1;-1/p-1/t9?,10-;7?,8-;6?,7-;;;;;/m000...../s1. The average Bonchev–Trinajstić information content (AvgIpc) is 4.09. The van der Waals surface area contributed by atoms with Crippen LogP contribution in [0.1, 0.15) is 87.4 Å². The first-order chi connectivity index (χ1) is 33.8. The Morgan fingerprint density at radius 2 is 1.00 bits per heavy atom. The number of carbonyl (C=O) groups excluding carboxylic acids is 14. The fourth-order valence-electron chi connectivity index (χ4n) is 7.22. The fraction of sp³-hybridized carbons (Fsp3) is 0.667. The van der Waals surface area contributed by atoms with Gasteiger partial charge >= 0.3 is 109 Å². The smallest absolute Gasteiger partial charge is 1.00 e. The molecular weight excluding hydrogens is 1090 g/mol. The molecule has 32 heteroatoms. The van der Waals surface area contributed by atoms with Crippen molar-refractivity contribution >= 4 is 118 Å². The van der Waals surface area contributed by atoms with E-state index in [1.165, 1.54) is 23.6 Å². The van der Waals surface area contributed by atoms with Gasteiger partial charge in [0.1, 0.15) is 23.9 Å². The van der Waals surface area contributed by atoms with Crippen LogP contribution < -0.4 is 142 Å². The van der Waals surface area contributed by atoms with Gasteiger partial charge in [0.05, 0.1) is 11.5 Å². The van der Waals surface area contributed by atoms with E-state index in [1.54, 1.807) is 11.8 Å². The molecule has 4 aliphatic rings. The summed E-state index contributed by atoms with van der Waals surface area (Å²) in [4.78, 5) is 166. The van der Waals surface area contributed by atoms with E-state index in [0.29, 0.717) is 82.9 Å². The summed E-state index contributed by atoms with van der Waals surface area (Å²) in [5.74, 6) is -3.65. The molecular formula is C42H68K2N10O17S3. The second-order valence-corrected chi connectivity index (χ2v) is 18.7. The molecule has 0 radical (unpaired) electrons. The van der Waals surface area contributed by atoms with Crippen molar-refractivity contribution in [2.75, 3.05) is 56.5 Å². The Bertz CT molecular complexity index is 1950. The summed E-state index contributed by atoms with van der Waals surface area (Å²) in [6.45, 7) is 10.7. The first-order valence-electron chi connectivity index (χ1n) is 22.5. The van der Waals surface area contributed by atoms with Crippen molar-refractivity contribution < 1.29 is 186 Å². The number of nitrogens with one attached hydrogen (secondary N) is 2. The van der Waals surface area contributed by atoms with E-state index < -0.39 is 53.6 Å². The summed E-state index contributed by atoms with van der Waals surface area (Å²) in [5.41, 5.74) is 21.2. The maximum atomic E-state index is 11.9. The van der Waals surface area contributed by atoms with Gasteiger partial charge in [-0.1, -0.05) is 44.3 Å². The Morgan fingerprint density at radius 3 is 1.30 bits per heavy atom. The predicted molar refractivity (Wildman–Crippen MR) is 260 cm³/mol. The van der Waals surface area contributed by atoms with Gasteiger partial charge in [0.2, 0.25) is 47.3 Å². The number of hydrogen-bond acceptors (Lipinski definition) is 21. The number of amides is 10. The van der Waals surface area contributed by atoms with E-state index in [0.717, 1.165) is 23.5 Å². The number of carbonyl (C=O) groups is 14. The maximum absolute atomic E-state index is 11.9. The molecule has 4 heterocycles. The van der Waals surface area contributed by atoms with Crippen molar-refractivity contribution in [3.63, 3.8) is 0 Å². The molecule has 10 amide bonds. The summed E-state index contributed by atoms with van der Waals surface area (Å²) in [6.07, 6.45) is 2.77. The fourth-order valence-corrected chi connectivity index (χ4v) is 8.15. The van der Waals surface area contributed by atoms with E-state index in [1.807, 2.05) is 13.8 Å². The molecule has 74 heavy (non-hydrogen) atoms. The third-order valence-corrected chi connectivity index (χ3v) is 12.6. The monoisotopic (exact) mass is 1160 g/mol. The Morgan fingerprint density at radius 1 is 0.662 bits per heavy atom. The van der Waals surface area contributed by atoms with Crippen LogP contribution in [0.5, 0.6) is 0 Å². The van der Waals surface area contributed by atoms with Crippen LogP contribution in [0.25, 0.3) is 0 Å². The van der Waals surface area contributed by atoms with Crippen LogP contribution in [-0.2, 0) is 76.8 Å². The molecule has 4 rings (SSSR count). The topological polar surface area (TPSA) is 422 Å². The number of thiol groups is 1. The first-order valence-corrected chi connectivity index (χ1v) is 25.1. The van der Waals surface area contributed by atoms with Crippen molar-refractivity contribution in [1.29, 1.82) is 0 Å². The van der Waals surface area contributed by atoms with Crippen LogP contribution in [-0.4, -0.2) is 176 Å². The molecule has 0 aromatic carbocycles. The van der Waals surface area contributed by atoms with Gasteiger partial charge in [-0.25, -0.2) is 4.79 Å². The molecule has 0 spiro atoms. The van der Waals surface area contributed by atoms with Crippen LogP contribution in [0.2, 0.25) is 0 Å². The van der Waals surface area contributed by atoms with Crippen LogP contribution in [0.4, 0.5) is 0 Å². The quantitative estimate of drug-likeness (QED) is 0.0140. The Labute approximate surface area is 529 Å². The minimum absolute atomic E-state index is 0. The van der Waals surface area contributed by atoms with Gasteiger partial charge in [-0.2, -0.15) is 12.6 Å². The van der Waals surface area contributed by atoms with E-state index in [4.69, 9.17) is 33.0 Å². The normalized spacial score (nSPS) is 18.6. The Balaban J connectivity index is -0.000000435. The van der Waals surface area contributed by atoms with Crippen molar-refractivity contribution in [2.24, 2.45) is 40.7 Å². The maximum Gasteiger partial charge on any atom is 1.00 e. The molecule has 0 aliphatic carbocycles. The minimum Gasteiger partial charge on any atom is -1.00 e. The molecule has 0 aromatic heterocycles. The second-order valence-electron chi connectivity index (χ2n) is 16.1. The molecule has 0 saturated carbocycles. The molecule has 4 fully saturated rings. The van der Waals surface area contributed by atoms with Crippen molar-refractivity contribution in [3.05, 3.63) is 0 Å². The molecule has 0 bridgehead atoms. The molecule has 3 unspecified atom stereocenters. The summed E-state index contributed by atoms with van der Waals surface area (Å²) >= 11 is 5.56. The van der Waals surface area contributed by atoms with E-state index >= 15 is 0 Å². The number of hydroxylamine groups is 2. The number of nitrogens with zero attached hydrogens (tertiary/aromatic N) is 4. The summed E-state index contributed by atoms with van der Waals surface area (Å²) in [5, 5.41) is 13.9. The second kappa shape index (κ2) is 41.5. The van der Waals surface area contributed by atoms with Gasteiger partial charge in [0.15, 0.2) is 10.2 Å². The molecule has 408 valence electrons. The molecule has 27 nitrogen and oxygen atoms in total. The van der Waals surface area contributed by atoms with E-state index in [2.05, 4.69) is 33.0 Å². The number of hydrogen-bond donors (Lipinski definition) is 7. The molecule has 10 N–H and O–H groups in total. The SMILES string of the molecule is CC(=O)SCC(=O)ON1C(=O)CCC1=O.CC[C@@H](C(N)=O)N1CC(CN)CC1=O.CC[C@@H](C(N)=O)N1CC(CNC(=O)CS)CC1=O.CC[C@@H](C(N)=O)N1CC(CNC(=O)CSC(C)=O)CC1=O.O=CO[O-].[H-].[K+].[K+]. The van der Waals surface area contributed by atoms with E-state index in [-0.39, 0.29) is 198 Å². The van der Waals surface area contributed by atoms with Gasteiger partial charge in [0.25, 0.3) is 18.3 Å². The van der Waals surface area contributed by atoms with Crippen LogP contribution in [0.3, 0.4) is 0 Å². The molecule has 0 aromatic rings. The summed E-state index contributed by atoms with van der Waals surface area (Å²) in [6, 6.07) is -1.58. The first kappa shape index (κ1) is 75.7. The van der Waals surface area contributed by atoms with Crippen LogP contribution >= 0.6 is 36.2 Å². The summed E-state index contributed by atoms with van der Waals surface area (Å²) in [7, 11) is 0. The number of likely N-dealkylation sites (tertiary alicyclic amines) is 3. The Kier molecular flexibility index (Phi) is 42.4. The molecule has 6 atom stereocenters. The van der Waals surface area contributed by atoms with E-state index in [9.17, 15) is 62.3 Å². The van der Waals surface area contributed by atoms with Gasteiger partial charge in [0, 0.05) is 90.5 Å². The van der Waals surface area contributed by atoms with Gasteiger partial charge in [-0.3, -0.25) is 62.3 Å². The zero-order chi connectivity index (χ0) is 55.2. The Hall–Kier alpha value is -2.58. The van der Waals surface area contributed by atoms with Crippen molar-refractivity contribution in [3.8, 4) is 0 Å². The zero-order valence-corrected chi connectivity index (χ0v) is 51.6. The molecule has 4 saturated heterocycles. The van der Waals surface area contributed by atoms with Crippen LogP contribution in [0, 0.1) is 17.8 Å². The third-order valence-electron chi connectivity index (χ3n) is 10.7. The van der Waals surface area contributed by atoms with Gasteiger partial charge < -0.3 is 64.7 Å². The minimum atomic E-state index is -0.779. The number of imide groups is 1. The van der Waals surface area contributed by atoms with Crippen LogP contribution in [0.15, 0.2) is 0 Å². The van der Waals surface area contributed by atoms with Gasteiger partial charge in [-0.05, 0) is 31.7 Å². The third kappa shape index (κ3) is 29.2. The number of nitrogens with two attached hydrogens (primary N) is 4. The predicted octanol–water partition coefficient (Wildman–Crippen LogP) is -9.87. The zero-order valence-electron chi connectivity index (χ0n) is 43.9. The summed E-state index contributed by atoms with van der Waals surface area (Å²) < 4.78 is 0. The van der Waals surface area contributed by atoms with Crippen molar-refractivity contribution in [2.45, 2.75) is 104 Å².